The Hall–Kier alpha value is -5.33. The lowest BCUT2D eigenvalue weighted by Crippen LogP contribution is -2.62. The minimum absolute atomic E-state index is 0.0279. The molecule has 2 amide bonds. The molecule has 0 unspecified atom stereocenters. The molecule has 0 atom stereocenters. The number of hydrazine groups is 1. The van der Waals surface area contributed by atoms with Gasteiger partial charge in [-0.1, -0.05) is 18.9 Å². The number of rotatable bonds is 10. The van der Waals surface area contributed by atoms with Crippen molar-refractivity contribution >= 4 is 23.5 Å². The molecular weight excluding hydrogens is 726 g/mol. The molecule has 0 saturated heterocycles. The Balaban J connectivity index is 1.48. The van der Waals surface area contributed by atoms with Crippen molar-refractivity contribution in [2.45, 2.75) is 63.0 Å². The Kier molecular flexibility index (Phi) is 11.0. The van der Waals surface area contributed by atoms with Gasteiger partial charge in [-0.05, 0) is 49.6 Å². The van der Waals surface area contributed by atoms with Crippen LogP contribution in [0.3, 0.4) is 0 Å². The summed E-state index contributed by atoms with van der Waals surface area (Å²) in [6.45, 7) is -0.802. The molecule has 3 aromatic rings. The van der Waals surface area contributed by atoms with E-state index in [0.717, 1.165) is 23.2 Å². The van der Waals surface area contributed by atoms with Crippen LogP contribution in [0.1, 0.15) is 55.3 Å². The molecule has 2 N–H and O–H groups in total. The van der Waals surface area contributed by atoms with Crippen molar-refractivity contribution in [2.75, 3.05) is 26.1 Å². The second-order valence-electron chi connectivity index (χ2n) is 12.2. The van der Waals surface area contributed by atoms with Crippen LogP contribution in [0.2, 0.25) is 0 Å². The predicted octanol–water partition coefficient (Wildman–Crippen LogP) is 6.74. The lowest BCUT2D eigenvalue weighted by molar-refractivity contribution is -0.163. The van der Waals surface area contributed by atoms with Crippen LogP contribution >= 0.6 is 0 Å². The SMILES string of the molecule is COC(=O)CCCOc1ccc(CN2C(=O)C(C(=O)Nc3ccc(C(F)(F)F)cc3-c3cc(C(F)(F)F)ncn3)=C(O)C3(CCCC3)N2C)c(F)c1F. The highest BCUT2D eigenvalue weighted by atomic mass is 19.4. The van der Waals surface area contributed by atoms with Gasteiger partial charge < -0.3 is 19.9 Å². The number of carbonyl (C=O) groups is 3. The van der Waals surface area contributed by atoms with Crippen molar-refractivity contribution < 1.29 is 64.1 Å². The monoisotopic (exact) mass is 757 g/mol. The third-order valence-corrected chi connectivity index (χ3v) is 9.05. The largest absolute Gasteiger partial charge is 0.509 e. The number of aliphatic hydroxyl groups is 1. The smallest absolute Gasteiger partial charge is 0.433 e. The Morgan fingerprint density at radius 3 is 2.32 bits per heavy atom. The summed E-state index contributed by atoms with van der Waals surface area (Å²) in [6.07, 6.45) is -7.90. The predicted molar refractivity (Wildman–Crippen MR) is 168 cm³/mol. The maximum absolute atomic E-state index is 15.4. The van der Waals surface area contributed by atoms with Crippen LogP contribution in [-0.2, 0) is 38.0 Å². The van der Waals surface area contributed by atoms with Gasteiger partial charge in [0, 0.05) is 24.6 Å². The molecule has 1 aliphatic heterocycles. The summed E-state index contributed by atoms with van der Waals surface area (Å²) in [5, 5.41) is 15.9. The number of halogens is 8. The van der Waals surface area contributed by atoms with Gasteiger partial charge in [-0.15, -0.1) is 0 Å². The third kappa shape index (κ3) is 7.89. The van der Waals surface area contributed by atoms with Crippen molar-refractivity contribution in [2.24, 2.45) is 0 Å². The molecule has 1 aromatic heterocycles. The number of carbonyl (C=O) groups excluding carboxylic acids is 3. The summed E-state index contributed by atoms with van der Waals surface area (Å²) in [5.74, 6) is -7.01. The minimum Gasteiger partial charge on any atom is -0.509 e. The molecule has 11 nitrogen and oxygen atoms in total. The van der Waals surface area contributed by atoms with E-state index < -0.39 is 99.1 Å². The lowest BCUT2D eigenvalue weighted by Gasteiger charge is -2.48. The molecule has 2 aromatic carbocycles. The van der Waals surface area contributed by atoms with Crippen molar-refractivity contribution in [3.05, 3.63) is 82.5 Å². The first kappa shape index (κ1) is 38.9. The maximum Gasteiger partial charge on any atom is 0.433 e. The topological polar surface area (TPSA) is 134 Å². The van der Waals surface area contributed by atoms with Crippen molar-refractivity contribution in [3.63, 3.8) is 0 Å². The Bertz CT molecular complexity index is 1950. The summed E-state index contributed by atoms with van der Waals surface area (Å²) in [4.78, 5) is 45.9. The Morgan fingerprint density at radius 2 is 1.68 bits per heavy atom. The molecular formula is C34H31F8N5O6. The molecule has 2 aliphatic rings. The zero-order valence-electron chi connectivity index (χ0n) is 28.0. The molecule has 5 rings (SSSR count). The number of aromatic nitrogens is 2. The number of hydrogen-bond donors (Lipinski definition) is 2. The van der Waals surface area contributed by atoms with Crippen LogP contribution in [0.25, 0.3) is 11.3 Å². The van der Waals surface area contributed by atoms with Gasteiger partial charge in [0.15, 0.2) is 11.6 Å². The maximum atomic E-state index is 15.4. The first-order valence-corrected chi connectivity index (χ1v) is 16.0. The standard InChI is InChI=1S/C34H31F8N5O6/c1-46-32(11-3-4-12-32)29(49)26(31(51)47(46)16-18-7-10-23(28(36)27(18)35)53-13-5-6-25(48)52-2)30(50)45-21-9-8-19(33(37,38)39)14-20(21)22-15-24(34(40,41)42)44-17-43-22/h7-10,14-15,17,49H,3-6,11-13,16H2,1-2H3,(H,45,50). The number of nitrogens with one attached hydrogen (secondary N) is 1. The molecule has 0 radical (unpaired) electrons. The number of hydrogen-bond acceptors (Lipinski definition) is 9. The Morgan fingerprint density at radius 1 is 0.981 bits per heavy atom. The molecule has 2 heterocycles. The van der Waals surface area contributed by atoms with E-state index in [1.165, 1.54) is 19.2 Å². The summed E-state index contributed by atoms with van der Waals surface area (Å²) >= 11 is 0. The minimum atomic E-state index is -5.00. The van der Waals surface area contributed by atoms with E-state index in [0.29, 0.717) is 37.4 Å². The molecule has 1 saturated carbocycles. The molecule has 53 heavy (non-hydrogen) atoms. The number of anilines is 1. The summed E-state index contributed by atoms with van der Waals surface area (Å²) < 4.78 is 122. The quantitative estimate of drug-likeness (QED) is 0.0998. The number of benzene rings is 2. The zero-order chi connectivity index (χ0) is 38.9. The fourth-order valence-corrected chi connectivity index (χ4v) is 6.24. The van der Waals surface area contributed by atoms with Gasteiger partial charge >= 0.3 is 18.3 Å². The number of nitrogens with zero attached hydrogens (tertiary/aromatic N) is 4. The fourth-order valence-electron chi connectivity index (χ4n) is 6.24. The van der Waals surface area contributed by atoms with Gasteiger partial charge in [-0.25, -0.2) is 19.4 Å². The van der Waals surface area contributed by atoms with Crippen molar-refractivity contribution in [1.82, 2.24) is 20.0 Å². The summed E-state index contributed by atoms with van der Waals surface area (Å²) in [5.41, 5.74) is -7.14. The average molecular weight is 758 g/mol. The Labute approximate surface area is 296 Å². The fraction of sp³-hybridized carbons (Fsp3) is 0.382. The van der Waals surface area contributed by atoms with E-state index in [9.17, 15) is 45.8 Å². The zero-order valence-corrected chi connectivity index (χ0v) is 28.0. The third-order valence-electron chi connectivity index (χ3n) is 9.05. The van der Waals surface area contributed by atoms with Crippen LogP contribution in [0.5, 0.6) is 5.75 Å². The number of ether oxygens (including phenoxy) is 2. The van der Waals surface area contributed by atoms with E-state index in [1.807, 2.05) is 0 Å². The van der Waals surface area contributed by atoms with Crippen LogP contribution in [0.15, 0.2) is 54.1 Å². The normalized spacial score (nSPS) is 16.3. The molecule has 0 bridgehead atoms. The molecule has 1 aliphatic carbocycles. The second-order valence-corrected chi connectivity index (χ2v) is 12.2. The van der Waals surface area contributed by atoms with Crippen LogP contribution in [0, 0.1) is 11.6 Å². The van der Waals surface area contributed by atoms with Crippen molar-refractivity contribution in [3.8, 4) is 17.0 Å². The number of methoxy groups -OCH3 is 1. The summed E-state index contributed by atoms with van der Waals surface area (Å²) in [7, 11) is 2.60. The summed E-state index contributed by atoms with van der Waals surface area (Å²) in [6, 6.07) is 4.38. The van der Waals surface area contributed by atoms with Gasteiger partial charge in [-0.2, -0.15) is 30.7 Å². The van der Waals surface area contributed by atoms with Gasteiger partial charge in [0.25, 0.3) is 11.8 Å². The van der Waals surface area contributed by atoms with Gasteiger partial charge in [0.2, 0.25) is 5.82 Å². The number of likely N-dealkylation sites (N-methyl/N-ethyl adjacent to an activating group) is 1. The van der Waals surface area contributed by atoms with Crippen LogP contribution < -0.4 is 10.1 Å². The average Bonchev–Trinajstić information content (AvgIpc) is 3.61. The van der Waals surface area contributed by atoms with E-state index in [2.05, 4.69) is 20.0 Å². The first-order chi connectivity index (χ1) is 24.9. The van der Waals surface area contributed by atoms with E-state index in [4.69, 9.17) is 4.74 Å². The highest BCUT2D eigenvalue weighted by Gasteiger charge is 2.53. The van der Waals surface area contributed by atoms with E-state index in [-0.39, 0.29) is 37.9 Å². The number of esters is 1. The highest BCUT2D eigenvalue weighted by Crippen LogP contribution is 2.45. The number of amides is 2. The van der Waals surface area contributed by atoms with E-state index >= 15 is 8.78 Å². The molecule has 1 fully saturated rings. The lowest BCUT2D eigenvalue weighted by atomic mass is 9.88. The van der Waals surface area contributed by atoms with Crippen LogP contribution in [0.4, 0.5) is 40.8 Å². The van der Waals surface area contributed by atoms with Crippen molar-refractivity contribution in [1.29, 1.82) is 0 Å². The van der Waals surface area contributed by atoms with E-state index in [1.54, 1.807) is 0 Å². The highest BCUT2D eigenvalue weighted by molar-refractivity contribution is 6.24. The number of alkyl halides is 6. The second kappa shape index (κ2) is 15.0. The first-order valence-electron chi connectivity index (χ1n) is 16.0. The molecule has 284 valence electrons. The van der Waals surface area contributed by atoms with Crippen LogP contribution in [-0.4, -0.2) is 69.2 Å². The molecule has 1 spiro atoms. The van der Waals surface area contributed by atoms with Gasteiger partial charge in [0.1, 0.15) is 23.4 Å². The molecule has 19 heteroatoms. The van der Waals surface area contributed by atoms with Gasteiger partial charge in [-0.3, -0.25) is 19.4 Å². The van der Waals surface area contributed by atoms with Gasteiger partial charge in [0.05, 0.1) is 42.7 Å². The number of aliphatic hydroxyl groups excluding tert-OH is 1.